The minimum absolute atomic E-state index is 0.148. The minimum atomic E-state index is -2.85. The number of hydrogen-bond donors (Lipinski definition) is 2. The molecule has 0 bridgehead atoms. The summed E-state index contributed by atoms with van der Waals surface area (Å²) in [6.07, 6.45) is 3.27. The van der Waals surface area contributed by atoms with Crippen molar-refractivity contribution in [1.29, 1.82) is 0 Å². The number of rotatable bonds is 11. The molecule has 0 spiro atoms. The third-order valence-corrected chi connectivity index (χ3v) is 4.03. The molecule has 1 saturated heterocycles. The normalized spacial score (nSPS) is 17.3. The lowest BCUT2D eigenvalue weighted by Gasteiger charge is -2.13. The van der Waals surface area contributed by atoms with E-state index in [0.717, 1.165) is 25.9 Å². The largest absolute Gasteiger partial charge is 0.434 e. The van der Waals surface area contributed by atoms with Gasteiger partial charge in [-0.25, -0.2) is 4.99 Å². The molecule has 1 unspecified atom stereocenters. The summed E-state index contributed by atoms with van der Waals surface area (Å²) < 4.78 is 40.6. The minimum Gasteiger partial charge on any atom is -0.434 e. The predicted molar refractivity (Wildman–Crippen MR) is 100 cm³/mol. The van der Waals surface area contributed by atoms with Crippen molar-refractivity contribution in [3.63, 3.8) is 0 Å². The zero-order chi connectivity index (χ0) is 19.3. The van der Waals surface area contributed by atoms with Crippen LogP contribution in [0.15, 0.2) is 29.3 Å². The number of benzene rings is 1. The Kier molecular flexibility index (Phi) is 9.86. The Hall–Kier alpha value is -1.93. The van der Waals surface area contributed by atoms with Gasteiger partial charge in [0.05, 0.1) is 19.3 Å². The molecule has 2 rings (SSSR count). The summed E-state index contributed by atoms with van der Waals surface area (Å²) in [5, 5.41) is 6.36. The third-order valence-electron chi connectivity index (χ3n) is 4.03. The third kappa shape index (κ3) is 8.53. The first-order valence-electron chi connectivity index (χ1n) is 9.43. The number of guanidine groups is 1. The maximum atomic E-state index is 12.5. The molecule has 1 heterocycles. The Balaban J connectivity index is 1.73. The van der Waals surface area contributed by atoms with E-state index in [1.807, 2.05) is 6.92 Å². The molecule has 6 nitrogen and oxygen atoms in total. The Labute approximate surface area is 159 Å². The van der Waals surface area contributed by atoms with E-state index in [2.05, 4.69) is 20.4 Å². The molecule has 0 aromatic heterocycles. The summed E-state index contributed by atoms with van der Waals surface area (Å²) in [5.74, 6) is 0.776. The molecule has 1 atom stereocenters. The van der Waals surface area contributed by atoms with Gasteiger partial charge in [-0.3, -0.25) is 0 Å². The lowest BCUT2D eigenvalue weighted by atomic mass is 10.2. The highest BCUT2D eigenvalue weighted by molar-refractivity contribution is 5.79. The lowest BCUT2D eigenvalue weighted by molar-refractivity contribution is -0.0504. The van der Waals surface area contributed by atoms with E-state index in [1.54, 1.807) is 18.2 Å². The molecule has 1 aliphatic heterocycles. The SMILES string of the molecule is CCNC(=NCc1ccccc1OC(F)F)NCCCOCC1CCCO1. The standard InChI is InChI=1S/C19H29F2N3O3/c1-2-22-19(23-10-6-11-25-14-16-8-5-12-26-16)24-13-15-7-3-4-9-17(15)27-18(20)21/h3-4,7,9,16,18H,2,5-6,8,10-14H2,1H3,(H2,22,23,24). The van der Waals surface area contributed by atoms with E-state index in [-0.39, 0.29) is 18.4 Å². The van der Waals surface area contributed by atoms with Crippen molar-refractivity contribution < 1.29 is 23.0 Å². The number of alkyl halides is 2. The van der Waals surface area contributed by atoms with E-state index in [9.17, 15) is 8.78 Å². The van der Waals surface area contributed by atoms with Crippen molar-refractivity contribution in [3.8, 4) is 5.75 Å². The van der Waals surface area contributed by atoms with Crippen LogP contribution in [0.4, 0.5) is 8.78 Å². The molecule has 1 aromatic carbocycles. The second-order valence-electron chi connectivity index (χ2n) is 6.17. The van der Waals surface area contributed by atoms with Crippen LogP contribution in [-0.2, 0) is 16.0 Å². The first kappa shape index (κ1) is 21.4. The van der Waals surface area contributed by atoms with Gasteiger partial charge in [0.2, 0.25) is 0 Å². The van der Waals surface area contributed by atoms with Gasteiger partial charge in [0.1, 0.15) is 5.75 Å². The van der Waals surface area contributed by atoms with Crippen LogP contribution in [-0.4, -0.2) is 51.6 Å². The van der Waals surface area contributed by atoms with Crippen LogP contribution >= 0.6 is 0 Å². The second-order valence-corrected chi connectivity index (χ2v) is 6.17. The van der Waals surface area contributed by atoms with Gasteiger partial charge in [0.25, 0.3) is 0 Å². The van der Waals surface area contributed by atoms with E-state index in [0.29, 0.717) is 37.8 Å². The molecule has 27 heavy (non-hydrogen) atoms. The van der Waals surface area contributed by atoms with Crippen molar-refractivity contribution >= 4 is 5.96 Å². The summed E-state index contributed by atoms with van der Waals surface area (Å²) in [6, 6.07) is 6.67. The number of nitrogens with one attached hydrogen (secondary N) is 2. The van der Waals surface area contributed by atoms with E-state index < -0.39 is 6.61 Å². The molecule has 152 valence electrons. The van der Waals surface area contributed by atoms with Crippen LogP contribution in [0.2, 0.25) is 0 Å². The van der Waals surface area contributed by atoms with Gasteiger partial charge in [0, 0.05) is 31.9 Å². The molecule has 1 aliphatic rings. The highest BCUT2D eigenvalue weighted by Crippen LogP contribution is 2.20. The average molecular weight is 385 g/mol. The highest BCUT2D eigenvalue weighted by atomic mass is 19.3. The molecule has 0 aliphatic carbocycles. The van der Waals surface area contributed by atoms with Gasteiger partial charge in [-0.1, -0.05) is 18.2 Å². The van der Waals surface area contributed by atoms with Gasteiger partial charge >= 0.3 is 6.61 Å². The molecule has 0 radical (unpaired) electrons. The Morgan fingerprint density at radius 3 is 2.93 bits per heavy atom. The summed E-state index contributed by atoms with van der Waals surface area (Å²) in [7, 11) is 0. The molecule has 1 fully saturated rings. The monoisotopic (exact) mass is 385 g/mol. The zero-order valence-electron chi connectivity index (χ0n) is 15.8. The molecule has 8 heteroatoms. The molecule has 0 saturated carbocycles. The number of halogens is 2. The molecule has 2 N–H and O–H groups in total. The highest BCUT2D eigenvalue weighted by Gasteiger charge is 2.15. The van der Waals surface area contributed by atoms with Gasteiger partial charge in [0.15, 0.2) is 5.96 Å². The number of para-hydroxylation sites is 1. The molecular weight excluding hydrogens is 356 g/mol. The maximum Gasteiger partial charge on any atom is 0.387 e. The van der Waals surface area contributed by atoms with Gasteiger partial charge in [-0.2, -0.15) is 8.78 Å². The average Bonchev–Trinajstić information content (AvgIpc) is 3.16. The first-order valence-corrected chi connectivity index (χ1v) is 9.43. The van der Waals surface area contributed by atoms with Crippen molar-refractivity contribution in [2.24, 2.45) is 4.99 Å². The van der Waals surface area contributed by atoms with Crippen molar-refractivity contribution in [2.75, 3.05) is 32.9 Å². The van der Waals surface area contributed by atoms with Crippen LogP contribution in [0, 0.1) is 0 Å². The predicted octanol–water partition coefficient (Wildman–Crippen LogP) is 2.93. The van der Waals surface area contributed by atoms with Crippen molar-refractivity contribution in [3.05, 3.63) is 29.8 Å². The zero-order valence-corrected chi connectivity index (χ0v) is 15.8. The lowest BCUT2D eigenvalue weighted by Crippen LogP contribution is -2.38. The topological polar surface area (TPSA) is 64.1 Å². The van der Waals surface area contributed by atoms with Crippen molar-refractivity contribution in [1.82, 2.24) is 10.6 Å². The fourth-order valence-electron chi connectivity index (χ4n) is 2.72. The maximum absolute atomic E-state index is 12.5. The van der Waals surface area contributed by atoms with Crippen LogP contribution in [0.3, 0.4) is 0 Å². The van der Waals surface area contributed by atoms with E-state index >= 15 is 0 Å². The fraction of sp³-hybridized carbons (Fsp3) is 0.632. The molecule has 0 amide bonds. The van der Waals surface area contributed by atoms with Gasteiger partial charge in [-0.15, -0.1) is 0 Å². The summed E-state index contributed by atoms with van der Waals surface area (Å²) >= 11 is 0. The molecular formula is C19H29F2N3O3. The smallest absolute Gasteiger partial charge is 0.387 e. The van der Waals surface area contributed by atoms with Crippen LogP contribution in [0.25, 0.3) is 0 Å². The van der Waals surface area contributed by atoms with E-state index in [4.69, 9.17) is 9.47 Å². The fourth-order valence-corrected chi connectivity index (χ4v) is 2.72. The van der Waals surface area contributed by atoms with Gasteiger partial charge < -0.3 is 24.8 Å². The van der Waals surface area contributed by atoms with Gasteiger partial charge in [-0.05, 0) is 32.3 Å². The van der Waals surface area contributed by atoms with Crippen LogP contribution in [0.1, 0.15) is 31.7 Å². The Morgan fingerprint density at radius 2 is 2.19 bits per heavy atom. The Morgan fingerprint density at radius 1 is 1.33 bits per heavy atom. The van der Waals surface area contributed by atoms with Crippen molar-refractivity contribution in [2.45, 2.75) is 45.4 Å². The Bertz CT molecular complexity index is 567. The first-order chi connectivity index (χ1) is 13.2. The number of aliphatic imine (C=N–C) groups is 1. The second kappa shape index (κ2) is 12.5. The quantitative estimate of drug-likeness (QED) is 0.348. The summed E-state index contributed by atoms with van der Waals surface area (Å²) in [5.41, 5.74) is 0.606. The van der Waals surface area contributed by atoms with E-state index in [1.165, 1.54) is 6.07 Å². The number of nitrogens with zero attached hydrogens (tertiary/aromatic N) is 1. The van der Waals surface area contributed by atoms with Crippen LogP contribution in [0.5, 0.6) is 5.75 Å². The number of hydrogen-bond acceptors (Lipinski definition) is 4. The summed E-state index contributed by atoms with van der Waals surface area (Å²) in [4.78, 5) is 4.44. The number of ether oxygens (including phenoxy) is 3. The van der Waals surface area contributed by atoms with Crippen LogP contribution < -0.4 is 15.4 Å². The molecule has 1 aromatic rings. The summed E-state index contributed by atoms with van der Waals surface area (Å²) in [6.45, 7) is 2.90.